The van der Waals surface area contributed by atoms with Gasteiger partial charge >= 0.3 is 0 Å². The molecular formula is C25H17NO2. The molecule has 0 N–H and O–H groups in total. The van der Waals surface area contributed by atoms with Gasteiger partial charge in [0.25, 0.3) is 0 Å². The van der Waals surface area contributed by atoms with Gasteiger partial charge in [-0.3, -0.25) is 4.98 Å². The predicted molar refractivity (Wildman–Crippen MR) is 113 cm³/mol. The van der Waals surface area contributed by atoms with Crippen molar-refractivity contribution in [2.75, 3.05) is 0 Å². The van der Waals surface area contributed by atoms with Gasteiger partial charge in [-0.1, -0.05) is 30.3 Å². The van der Waals surface area contributed by atoms with E-state index in [9.17, 15) is 0 Å². The summed E-state index contributed by atoms with van der Waals surface area (Å²) in [6.45, 7) is 2.09. The topological polar surface area (TPSA) is 39.2 Å². The molecule has 3 heterocycles. The Kier molecular flexibility index (Phi) is 3.15. The first kappa shape index (κ1) is 15.5. The number of aryl methyl sites for hydroxylation is 1. The lowest BCUT2D eigenvalue weighted by Crippen LogP contribution is -1.88. The summed E-state index contributed by atoms with van der Waals surface area (Å²) in [7, 11) is 0. The molecule has 0 fully saturated rings. The molecule has 0 spiro atoms. The number of furan rings is 2. The summed E-state index contributed by atoms with van der Waals surface area (Å²) in [5.41, 5.74) is 8.22. The highest BCUT2D eigenvalue weighted by Gasteiger charge is 2.11. The number of benzene rings is 3. The summed E-state index contributed by atoms with van der Waals surface area (Å²) in [5, 5.41) is 3.42. The Bertz CT molecular complexity index is 1500. The van der Waals surface area contributed by atoms with Crippen molar-refractivity contribution >= 4 is 44.0 Å². The van der Waals surface area contributed by atoms with Crippen LogP contribution in [0, 0.1) is 6.92 Å². The van der Waals surface area contributed by atoms with Crippen molar-refractivity contribution in [3.05, 3.63) is 89.6 Å². The standard InChI is InChI=1S/C25H17NO2/c1-15-4-2-5-18-19-13-16(7-9-21(19)28-25(15)18)12-17-8-10-22-20(14-17)24-23(27-22)6-3-11-26-24/h2-11,13-14H,12H2,1H3. The van der Waals surface area contributed by atoms with E-state index >= 15 is 0 Å². The van der Waals surface area contributed by atoms with Crippen LogP contribution in [0.4, 0.5) is 0 Å². The average Bonchev–Trinajstić information content (AvgIpc) is 3.27. The number of aromatic nitrogens is 1. The normalized spacial score (nSPS) is 11.9. The third-order valence-electron chi connectivity index (χ3n) is 5.46. The zero-order chi connectivity index (χ0) is 18.7. The Labute approximate surface area is 161 Å². The molecule has 28 heavy (non-hydrogen) atoms. The van der Waals surface area contributed by atoms with Crippen molar-refractivity contribution in [3.63, 3.8) is 0 Å². The molecular weight excluding hydrogens is 346 g/mol. The van der Waals surface area contributed by atoms with E-state index in [1.165, 1.54) is 27.5 Å². The Morgan fingerprint density at radius 2 is 1.50 bits per heavy atom. The predicted octanol–water partition coefficient (Wildman–Crippen LogP) is 6.78. The van der Waals surface area contributed by atoms with E-state index in [4.69, 9.17) is 8.83 Å². The van der Waals surface area contributed by atoms with Crippen LogP contribution < -0.4 is 0 Å². The quantitative estimate of drug-likeness (QED) is 0.340. The van der Waals surface area contributed by atoms with E-state index in [2.05, 4.69) is 60.4 Å². The summed E-state index contributed by atoms with van der Waals surface area (Å²) in [6.07, 6.45) is 2.66. The van der Waals surface area contributed by atoms with Crippen LogP contribution in [0.1, 0.15) is 16.7 Å². The summed E-state index contributed by atoms with van der Waals surface area (Å²) in [6, 6.07) is 23.0. The average molecular weight is 363 g/mol. The molecule has 0 atom stereocenters. The molecule has 134 valence electrons. The van der Waals surface area contributed by atoms with Gasteiger partial charge in [0.1, 0.15) is 22.3 Å². The van der Waals surface area contributed by atoms with Gasteiger partial charge in [0, 0.05) is 22.4 Å². The maximum atomic E-state index is 6.06. The molecule has 3 heteroatoms. The minimum Gasteiger partial charge on any atom is -0.456 e. The molecule has 0 aliphatic rings. The van der Waals surface area contributed by atoms with E-state index in [0.717, 1.165) is 39.7 Å². The van der Waals surface area contributed by atoms with Crippen LogP contribution in [-0.4, -0.2) is 4.98 Å². The Morgan fingerprint density at radius 1 is 0.714 bits per heavy atom. The maximum Gasteiger partial charge on any atom is 0.153 e. The third-order valence-corrected chi connectivity index (χ3v) is 5.46. The van der Waals surface area contributed by atoms with Crippen LogP contribution in [-0.2, 0) is 6.42 Å². The molecule has 3 aromatic heterocycles. The van der Waals surface area contributed by atoms with Crippen LogP contribution in [0.2, 0.25) is 0 Å². The van der Waals surface area contributed by atoms with Crippen LogP contribution in [0.3, 0.4) is 0 Å². The van der Waals surface area contributed by atoms with E-state index in [1.807, 2.05) is 24.4 Å². The largest absolute Gasteiger partial charge is 0.456 e. The Balaban J connectivity index is 1.46. The number of nitrogens with zero attached hydrogens (tertiary/aromatic N) is 1. The highest BCUT2D eigenvalue weighted by Crippen LogP contribution is 2.32. The maximum absolute atomic E-state index is 6.06. The molecule has 0 radical (unpaired) electrons. The van der Waals surface area contributed by atoms with Gasteiger partial charge in [-0.2, -0.15) is 0 Å². The second-order valence-corrected chi connectivity index (χ2v) is 7.34. The van der Waals surface area contributed by atoms with Gasteiger partial charge in [0.2, 0.25) is 0 Å². The fraction of sp³-hybridized carbons (Fsp3) is 0.0800. The number of rotatable bonds is 2. The first-order valence-electron chi connectivity index (χ1n) is 9.43. The Morgan fingerprint density at radius 3 is 2.36 bits per heavy atom. The molecule has 0 saturated heterocycles. The molecule has 0 bridgehead atoms. The van der Waals surface area contributed by atoms with Gasteiger partial charge in [-0.05, 0) is 66.4 Å². The van der Waals surface area contributed by atoms with Gasteiger partial charge in [0.15, 0.2) is 5.58 Å². The van der Waals surface area contributed by atoms with Gasteiger partial charge in [-0.15, -0.1) is 0 Å². The van der Waals surface area contributed by atoms with E-state index in [0.29, 0.717) is 0 Å². The van der Waals surface area contributed by atoms with E-state index < -0.39 is 0 Å². The number of para-hydroxylation sites is 1. The summed E-state index contributed by atoms with van der Waals surface area (Å²) in [5.74, 6) is 0. The fourth-order valence-electron chi connectivity index (χ4n) is 4.09. The van der Waals surface area contributed by atoms with Gasteiger partial charge < -0.3 is 8.83 Å². The number of hydrogen-bond acceptors (Lipinski definition) is 3. The first-order valence-corrected chi connectivity index (χ1v) is 9.43. The third kappa shape index (κ3) is 2.26. The van der Waals surface area contributed by atoms with Crippen LogP contribution >= 0.6 is 0 Å². The Hall–Kier alpha value is -3.59. The minimum atomic E-state index is 0.830. The minimum absolute atomic E-state index is 0.830. The van der Waals surface area contributed by atoms with E-state index in [-0.39, 0.29) is 0 Å². The molecule has 0 aliphatic heterocycles. The second kappa shape index (κ2) is 5.70. The highest BCUT2D eigenvalue weighted by atomic mass is 16.3. The van der Waals surface area contributed by atoms with Crippen molar-refractivity contribution in [1.82, 2.24) is 4.98 Å². The molecule has 3 aromatic carbocycles. The molecule has 0 aliphatic carbocycles. The zero-order valence-electron chi connectivity index (χ0n) is 15.4. The molecule has 6 aromatic rings. The summed E-state index contributed by atoms with van der Waals surface area (Å²) < 4.78 is 12.0. The lowest BCUT2D eigenvalue weighted by atomic mass is 10.0. The van der Waals surface area contributed by atoms with Crippen molar-refractivity contribution in [2.24, 2.45) is 0 Å². The van der Waals surface area contributed by atoms with Crippen molar-refractivity contribution in [1.29, 1.82) is 0 Å². The van der Waals surface area contributed by atoms with Crippen molar-refractivity contribution in [3.8, 4) is 0 Å². The van der Waals surface area contributed by atoms with Crippen molar-refractivity contribution in [2.45, 2.75) is 13.3 Å². The molecule has 3 nitrogen and oxygen atoms in total. The smallest absolute Gasteiger partial charge is 0.153 e. The lowest BCUT2D eigenvalue weighted by molar-refractivity contribution is 0.665. The van der Waals surface area contributed by atoms with Crippen LogP contribution in [0.25, 0.3) is 44.0 Å². The monoisotopic (exact) mass is 363 g/mol. The lowest BCUT2D eigenvalue weighted by Gasteiger charge is -2.03. The SMILES string of the molecule is Cc1cccc2c1oc1ccc(Cc3ccc4oc5cccnc5c4c3)cc12. The highest BCUT2D eigenvalue weighted by molar-refractivity contribution is 6.06. The van der Waals surface area contributed by atoms with Crippen LogP contribution in [0.15, 0.2) is 81.8 Å². The summed E-state index contributed by atoms with van der Waals surface area (Å²) >= 11 is 0. The molecule has 0 unspecified atom stereocenters. The summed E-state index contributed by atoms with van der Waals surface area (Å²) in [4.78, 5) is 4.49. The number of fused-ring (bicyclic) bond motifs is 6. The number of pyridine rings is 1. The zero-order valence-corrected chi connectivity index (χ0v) is 15.4. The van der Waals surface area contributed by atoms with Gasteiger partial charge in [-0.25, -0.2) is 0 Å². The van der Waals surface area contributed by atoms with E-state index in [1.54, 1.807) is 0 Å². The van der Waals surface area contributed by atoms with Gasteiger partial charge in [0.05, 0.1) is 0 Å². The van der Waals surface area contributed by atoms with Crippen molar-refractivity contribution < 1.29 is 8.83 Å². The number of hydrogen-bond donors (Lipinski definition) is 0. The second-order valence-electron chi connectivity index (χ2n) is 7.34. The molecule has 6 rings (SSSR count). The fourth-order valence-corrected chi connectivity index (χ4v) is 4.09. The van der Waals surface area contributed by atoms with Crippen LogP contribution in [0.5, 0.6) is 0 Å². The first-order chi connectivity index (χ1) is 13.8. The molecule has 0 saturated carbocycles. The molecule has 0 amide bonds.